The quantitative estimate of drug-likeness (QED) is 0.445. The molecule has 0 amide bonds. The van der Waals surface area contributed by atoms with Gasteiger partial charge >= 0.3 is 0 Å². The molecule has 10 heavy (non-hydrogen) atoms. The lowest BCUT2D eigenvalue weighted by atomic mass is 10.5. The third kappa shape index (κ3) is 11.4. The Bertz CT molecular complexity index is 156. The summed E-state index contributed by atoms with van der Waals surface area (Å²) in [5.74, 6) is 0. The van der Waals surface area contributed by atoms with Crippen molar-refractivity contribution in [2.45, 2.75) is 6.42 Å². The average Bonchev–Trinajstić information content (AvgIpc) is 1.63. The second-order valence-corrected chi connectivity index (χ2v) is 3.31. The Morgan fingerprint density at radius 3 is 2.30 bits per heavy atom. The van der Waals surface area contributed by atoms with E-state index in [1.54, 1.807) is 0 Å². The van der Waals surface area contributed by atoms with Gasteiger partial charge in [0.25, 0.3) is 10.1 Å². The molecule has 0 radical (unpaired) electrons. The largest absolute Gasteiger partial charge is 0.330 e. The Hall–Kier alpha value is 0.600. The molecule has 6 heteroatoms. The lowest BCUT2D eigenvalue weighted by Crippen LogP contribution is -2.08. The molecule has 4 nitrogen and oxygen atoms in total. The Kier molecular flexibility index (Phi) is 8.35. The maximum atomic E-state index is 10.2. The van der Waals surface area contributed by atoms with Gasteiger partial charge in [0, 0.05) is 0 Å². The third-order valence-electron chi connectivity index (χ3n) is 0.646. The van der Waals surface area contributed by atoms with Crippen molar-refractivity contribution in [2.24, 2.45) is 5.73 Å². The van der Waals surface area contributed by atoms with Crippen LogP contribution >= 0.6 is 24.0 Å². The molecule has 0 saturated heterocycles. The fourth-order valence-electron chi connectivity index (χ4n) is 0.294. The van der Waals surface area contributed by atoms with E-state index in [4.69, 9.17) is 5.73 Å². The van der Waals surface area contributed by atoms with Gasteiger partial charge in [-0.25, -0.2) is 0 Å². The van der Waals surface area contributed by atoms with E-state index in [1.807, 2.05) is 0 Å². The lowest BCUT2D eigenvalue weighted by Gasteiger charge is -1.96. The molecular formula is C4H12INO3S. The zero-order valence-electron chi connectivity index (χ0n) is 5.74. The van der Waals surface area contributed by atoms with E-state index in [9.17, 15) is 8.42 Å². The highest BCUT2D eigenvalue weighted by Crippen LogP contribution is 1.86. The summed E-state index contributed by atoms with van der Waals surface area (Å²) in [5, 5.41) is 0. The third-order valence-corrected chi connectivity index (χ3v) is 1.24. The van der Waals surface area contributed by atoms with E-state index >= 15 is 0 Å². The van der Waals surface area contributed by atoms with E-state index in [-0.39, 0.29) is 30.6 Å². The first-order valence-electron chi connectivity index (χ1n) is 2.61. The molecule has 2 N–H and O–H groups in total. The summed E-state index contributed by atoms with van der Waals surface area (Å²) in [7, 11) is -3.25. The van der Waals surface area contributed by atoms with Gasteiger partial charge in [0.2, 0.25) is 0 Å². The highest BCUT2D eigenvalue weighted by Gasteiger charge is 1.98. The lowest BCUT2D eigenvalue weighted by molar-refractivity contribution is 0.318. The summed E-state index contributed by atoms with van der Waals surface area (Å²) in [6, 6.07) is 0. The van der Waals surface area contributed by atoms with Gasteiger partial charge in [0.1, 0.15) is 0 Å². The first-order chi connectivity index (χ1) is 4.06. The van der Waals surface area contributed by atoms with Crippen molar-refractivity contribution in [2.75, 3.05) is 19.4 Å². The van der Waals surface area contributed by atoms with E-state index in [1.165, 1.54) is 0 Å². The molecule has 0 heterocycles. The van der Waals surface area contributed by atoms with Crippen molar-refractivity contribution in [3.63, 3.8) is 0 Å². The molecule has 0 aliphatic rings. The van der Waals surface area contributed by atoms with E-state index in [0.29, 0.717) is 13.0 Å². The van der Waals surface area contributed by atoms with Crippen LogP contribution < -0.4 is 5.73 Å². The van der Waals surface area contributed by atoms with Crippen molar-refractivity contribution in [3.05, 3.63) is 0 Å². The van der Waals surface area contributed by atoms with Crippen molar-refractivity contribution >= 4 is 34.1 Å². The standard InChI is InChI=1S/C4H11NO3S.HI/c1-9(6,7)8-4-2-3-5;/h2-5H2,1H3;1H. The molecule has 0 aromatic heterocycles. The van der Waals surface area contributed by atoms with Crippen LogP contribution in [0.4, 0.5) is 0 Å². The molecule has 0 atom stereocenters. The minimum Gasteiger partial charge on any atom is -0.330 e. The van der Waals surface area contributed by atoms with E-state index in [0.717, 1.165) is 6.26 Å². The molecule has 64 valence electrons. The van der Waals surface area contributed by atoms with Crippen molar-refractivity contribution in [1.82, 2.24) is 0 Å². The Balaban J connectivity index is 0. The topological polar surface area (TPSA) is 69.4 Å². The van der Waals surface area contributed by atoms with Crippen LogP contribution in [0.1, 0.15) is 6.42 Å². The highest BCUT2D eigenvalue weighted by molar-refractivity contribution is 14.0. The Labute approximate surface area is 78.3 Å². The van der Waals surface area contributed by atoms with Gasteiger partial charge in [-0.2, -0.15) is 8.42 Å². The fourth-order valence-corrected chi connectivity index (χ4v) is 0.714. The molecule has 0 bridgehead atoms. The summed E-state index contributed by atoms with van der Waals surface area (Å²) in [4.78, 5) is 0. The Morgan fingerprint density at radius 1 is 1.50 bits per heavy atom. The number of nitrogens with two attached hydrogens (primary N) is 1. The highest BCUT2D eigenvalue weighted by atomic mass is 127. The molecule has 0 aliphatic carbocycles. The van der Waals surface area contributed by atoms with E-state index in [2.05, 4.69) is 4.18 Å². The fraction of sp³-hybridized carbons (Fsp3) is 1.00. The van der Waals surface area contributed by atoms with Gasteiger partial charge in [-0.05, 0) is 13.0 Å². The first-order valence-corrected chi connectivity index (χ1v) is 4.42. The SMILES string of the molecule is CS(=O)(=O)OCCCN.I. The number of rotatable bonds is 4. The molecule has 0 aromatic carbocycles. The molecule has 0 unspecified atom stereocenters. The molecular weight excluding hydrogens is 269 g/mol. The summed E-state index contributed by atoms with van der Waals surface area (Å²) < 4.78 is 24.8. The van der Waals surface area contributed by atoms with Gasteiger partial charge < -0.3 is 5.73 Å². The van der Waals surface area contributed by atoms with Gasteiger partial charge in [-0.1, -0.05) is 0 Å². The van der Waals surface area contributed by atoms with Gasteiger partial charge in [0.15, 0.2) is 0 Å². The molecule has 0 aliphatic heterocycles. The predicted octanol–water partition coefficient (Wildman–Crippen LogP) is -0.0706. The summed E-state index contributed by atoms with van der Waals surface area (Å²) >= 11 is 0. The van der Waals surface area contributed by atoms with Crippen molar-refractivity contribution in [3.8, 4) is 0 Å². The van der Waals surface area contributed by atoms with Crippen LogP contribution in [0.5, 0.6) is 0 Å². The molecule has 0 aromatic rings. The summed E-state index contributed by atoms with van der Waals surface area (Å²) in [5.41, 5.74) is 5.08. The van der Waals surface area contributed by atoms with Gasteiger partial charge in [0.05, 0.1) is 12.9 Å². The zero-order chi connectivity index (χ0) is 7.33. The maximum absolute atomic E-state index is 10.2. The maximum Gasteiger partial charge on any atom is 0.264 e. The van der Waals surface area contributed by atoms with E-state index < -0.39 is 10.1 Å². The minimum atomic E-state index is -3.25. The van der Waals surface area contributed by atoms with Crippen LogP contribution in [0.15, 0.2) is 0 Å². The number of hydrogen-bond acceptors (Lipinski definition) is 4. The van der Waals surface area contributed by atoms with Crippen molar-refractivity contribution in [1.29, 1.82) is 0 Å². The molecule has 0 saturated carbocycles. The predicted molar refractivity (Wildman–Crippen MR) is 49.9 cm³/mol. The molecule has 0 rings (SSSR count). The minimum absolute atomic E-state index is 0. The smallest absolute Gasteiger partial charge is 0.264 e. The average molecular weight is 281 g/mol. The zero-order valence-corrected chi connectivity index (χ0v) is 8.89. The summed E-state index contributed by atoms with van der Waals surface area (Å²) in [6.45, 7) is 0.644. The monoisotopic (exact) mass is 281 g/mol. The normalized spacial score (nSPS) is 10.6. The number of hydrogen-bond donors (Lipinski definition) is 1. The molecule has 0 fully saturated rings. The van der Waals surface area contributed by atoms with Crippen LogP contribution in [0.3, 0.4) is 0 Å². The van der Waals surface area contributed by atoms with Gasteiger partial charge in [-0.3, -0.25) is 4.18 Å². The van der Waals surface area contributed by atoms with Crippen LogP contribution in [0.2, 0.25) is 0 Å². The van der Waals surface area contributed by atoms with Crippen LogP contribution in [0, 0.1) is 0 Å². The van der Waals surface area contributed by atoms with Gasteiger partial charge in [-0.15, -0.1) is 24.0 Å². The van der Waals surface area contributed by atoms with Crippen LogP contribution in [-0.2, 0) is 14.3 Å². The van der Waals surface area contributed by atoms with Crippen molar-refractivity contribution < 1.29 is 12.6 Å². The summed E-state index contributed by atoms with van der Waals surface area (Å²) in [6.07, 6.45) is 1.59. The van der Waals surface area contributed by atoms with Crippen LogP contribution in [0.25, 0.3) is 0 Å². The second-order valence-electron chi connectivity index (χ2n) is 1.67. The molecule has 0 spiro atoms. The second kappa shape index (κ2) is 6.32. The Morgan fingerprint density at radius 2 is 2.00 bits per heavy atom. The first kappa shape index (κ1) is 13.2. The van der Waals surface area contributed by atoms with Crippen LogP contribution in [-0.4, -0.2) is 27.8 Å². The number of halogens is 1.